The first kappa shape index (κ1) is 25.2. The van der Waals surface area contributed by atoms with E-state index in [4.69, 9.17) is 14.7 Å². The van der Waals surface area contributed by atoms with Gasteiger partial charge in [0, 0.05) is 36.1 Å². The second-order valence-corrected chi connectivity index (χ2v) is 12.4. The van der Waals surface area contributed by atoms with E-state index in [2.05, 4.69) is 33.8 Å². The molecule has 41 heavy (non-hydrogen) atoms. The van der Waals surface area contributed by atoms with Crippen molar-refractivity contribution in [2.45, 2.75) is 56.1 Å². The van der Waals surface area contributed by atoms with Gasteiger partial charge in [0.15, 0.2) is 5.82 Å². The van der Waals surface area contributed by atoms with Crippen molar-refractivity contribution in [2.75, 3.05) is 37.7 Å². The zero-order valence-electron chi connectivity index (χ0n) is 23.4. The highest BCUT2D eigenvalue weighted by molar-refractivity contribution is 6.04. The molecule has 4 aliphatic rings. The number of aromatic nitrogens is 2. The van der Waals surface area contributed by atoms with Gasteiger partial charge in [-0.2, -0.15) is 9.97 Å². The zero-order valence-corrected chi connectivity index (χ0v) is 23.4. The minimum Gasteiger partial charge on any atom is -0.461 e. The minimum absolute atomic E-state index is 0.0665. The van der Waals surface area contributed by atoms with Gasteiger partial charge in [0.05, 0.1) is 5.54 Å². The van der Waals surface area contributed by atoms with Gasteiger partial charge in [0.25, 0.3) is 0 Å². The van der Waals surface area contributed by atoms with E-state index >= 15 is 4.39 Å². The summed E-state index contributed by atoms with van der Waals surface area (Å²) in [5.41, 5.74) is 2.75. The topological polar surface area (TPSA) is 53.5 Å². The van der Waals surface area contributed by atoms with Crippen molar-refractivity contribution in [2.24, 2.45) is 0 Å². The van der Waals surface area contributed by atoms with E-state index in [0.717, 1.165) is 85.0 Å². The lowest BCUT2D eigenvalue weighted by molar-refractivity contribution is 0.108. The Kier molecular flexibility index (Phi) is 6.00. The third-order valence-electron chi connectivity index (χ3n) is 10.0. The summed E-state index contributed by atoms with van der Waals surface area (Å²) < 4.78 is 23.2. The molecule has 4 fully saturated rings. The van der Waals surface area contributed by atoms with E-state index in [0.29, 0.717) is 29.8 Å². The Morgan fingerprint density at radius 1 is 0.976 bits per heavy atom. The maximum Gasteiger partial charge on any atom is 0.319 e. The average molecular weight is 550 g/mol. The molecule has 5 heterocycles. The number of piperazine rings is 1. The Morgan fingerprint density at radius 2 is 1.73 bits per heavy atom. The largest absolute Gasteiger partial charge is 0.461 e. The van der Waals surface area contributed by atoms with Crippen LogP contribution in [0.5, 0.6) is 6.01 Å². The number of nitrogens with one attached hydrogen (secondary N) is 1. The fourth-order valence-corrected chi connectivity index (χ4v) is 8.03. The van der Waals surface area contributed by atoms with Crippen molar-refractivity contribution in [1.29, 1.82) is 0 Å². The molecule has 2 atom stereocenters. The van der Waals surface area contributed by atoms with Crippen LogP contribution in [-0.2, 0) is 0 Å². The fourth-order valence-electron chi connectivity index (χ4n) is 8.03. The van der Waals surface area contributed by atoms with Crippen molar-refractivity contribution in [3.05, 3.63) is 66.5 Å². The van der Waals surface area contributed by atoms with E-state index in [1.807, 2.05) is 42.5 Å². The van der Waals surface area contributed by atoms with E-state index in [-0.39, 0.29) is 17.4 Å². The molecular formula is C34H36FN5O. The minimum atomic E-state index is -0.331. The molecule has 6 nitrogen and oxygen atoms in total. The molecule has 7 heteroatoms. The van der Waals surface area contributed by atoms with E-state index in [9.17, 15) is 0 Å². The summed E-state index contributed by atoms with van der Waals surface area (Å²) in [6.07, 6.45) is 8.84. The number of benzene rings is 3. The Hall–Kier alpha value is -3.55. The standard InChI is InChI=1S/C34H36FN5O/c1-2-22-7-3-8-23-9-4-10-26(29(22)23)27-13-14-28-31(30(27)35)37-33(41-21-34-15-5-17-40(34)18-6-16-34)38-32(28)39-19-24-11-12-25(20-39)36-24/h2-4,7-10,13-14,24-25,36H,1,5-6,11-12,15-21H2. The van der Waals surface area contributed by atoms with Crippen LogP contribution in [0, 0.1) is 5.82 Å². The molecule has 0 radical (unpaired) electrons. The molecule has 4 saturated heterocycles. The predicted octanol–water partition coefficient (Wildman–Crippen LogP) is 6.18. The molecule has 8 rings (SSSR count). The highest BCUT2D eigenvalue weighted by atomic mass is 19.1. The van der Waals surface area contributed by atoms with Gasteiger partial charge in [0.1, 0.15) is 17.9 Å². The lowest BCUT2D eigenvalue weighted by Gasteiger charge is -2.34. The van der Waals surface area contributed by atoms with Gasteiger partial charge < -0.3 is 15.0 Å². The summed E-state index contributed by atoms with van der Waals surface area (Å²) >= 11 is 0. The molecule has 3 aromatic carbocycles. The van der Waals surface area contributed by atoms with Gasteiger partial charge in [-0.05, 0) is 79.6 Å². The maximum absolute atomic E-state index is 16.8. The van der Waals surface area contributed by atoms with Gasteiger partial charge in [-0.15, -0.1) is 0 Å². The van der Waals surface area contributed by atoms with Crippen LogP contribution in [0.3, 0.4) is 0 Å². The van der Waals surface area contributed by atoms with Crippen molar-refractivity contribution in [1.82, 2.24) is 20.2 Å². The SMILES string of the molecule is C=Cc1cccc2cccc(-c3ccc4c(N5CC6CCC(C5)N6)nc(OCC56CCCN5CCC6)nc4c3F)c12. The second kappa shape index (κ2) is 9.78. The highest BCUT2D eigenvalue weighted by Crippen LogP contribution is 2.41. The van der Waals surface area contributed by atoms with Crippen molar-refractivity contribution in [3.63, 3.8) is 0 Å². The third kappa shape index (κ3) is 4.12. The normalized spacial score (nSPS) is 23.4. The van der Waals surface area contributed by atoms with Crippen LogP contribution in [0.2, 0.25) is 0 Å². The van der Waals surface area contributed by atoms with Gasteiger partial charge in [-0.3, -0.25) is 4.90 Å². The first-order valence-electron chi connectivity index (χ1n) is 15.2. The molecule has 2 bridgehead atoms. The van der Waals surface area contributed by atoms with Gasteiger partial charge >= 0.3 is 6.01 Å². The summed E-state index contributed by atoms with van der Waals surface area (Å²) in [5.74, 6) is 0.452. The molecular weight excluding hydrogens is 513 g/mol. The Balaban J connectivity index is 1.26. The van der Waals surface area contributed by atoms with Crippen molar-refractivity contribution >= 4 is 33.6 Å². The predicted molar refractivity (Wildman–Crippen MR) is 163 cm³/mol. The van der Waals surface area contributed by atoms with Gasteiger partial charge in [-0.25, -0.2) is 4.39 Å². The molecule has 1 aromatic heterocycles. The van der Waals surface area contributed by atoms with Crippen molar-refractivity contribution in [3.8, 4) is 17.1 Å². The summed E-state index contributed by atoms with van der Waals surface area (Å²) in [5, 5.41) is 6.50. The van der Waals surface area contributed by atoms with Crippen LogP contribution in [0.25, 0.3) is 38.9 Å². The number of fused-ring (bicyclic) bond motifs is 5. The number of hydrogen-bond donors (Lipinski definition) is 1. The monoisotopic (exact) mass is 549 g/mol. The van der Waals surface area contributed by atoms with Crippen LogP contribution in [-0.4, -0.2) is 65.3 Å². The zero-order chi connectivity index (χ0) is 27.6. The Morgan fingerprint density at radius 3 is 2.49 bits per heavy atom. The van der Waals surface area contributed by atoms with Gasteiger partial charge in [0.2, 0.25) is 0 Å². The number of anilines is 1. The summed E-state index contributed by atoms with van der Waals surface area (Å²) in [7, 11) is 0. The van der Waals surface area contributed by atoms with Gasteiger partial charge in [-0.1, -0.05) is 55.1 Å². The maximum atomic E-state index is 16.8. The number of ether oxygens (including phenoxy) is 1. The number of hydrogen-bond acceptors (Lipinski definition) is 6. The molecule has 0 spiro atoms. The summed E-state index contributed by atoms with van der Waals surface area (Å²) in [6, 6.07) is 17.2. The summed E-state index contributed by atoms with van der Waals surface area (Å²) in [6.45, 7) is 8.54. The molecule has 1 N–H and O–H groups in total. The van der Waals surface area contributed by atoms with Crippen LogP contribution in [0.4, 0.5) is 10.2 Å². The molecule has 2 unspecified atom stereocenters. The average Bonchev–Trinajstić information content (AvgIpc) is 3.69. The quantitative estimate of drug-likeness (QED) is 0.310. The highest BCUT2D eigenvalue weighted by Gasteiger charge is 2.45. The first-order valence-corrected chi connectivity index (χ1v) is 15.2. The lowest BCUT2D eigenvalue weighted by atomic mass is 9.93. The smallest absolute Gasteiger partial charge is 0.319 e. The molecule has 4 aliphatic heterocycles. The first-order chi connectivity index (χ1) is 20.1. The molecule has 0 aliphatic carbocycles. The lowest BCUT2D eigenvalue weighted by Crippen LogP contribution is -2.51. The van der Waals surface area contributed by atoms with E-state index in [1.54, 1.807) is 0 Å². The number of halogens is 1. The molecule has 210 valence electrons. The van der Waals surface area contributed by atoms with Crippen LogP contribution < -0.4 is 15.0 Å². The second-order valence-electron chi connectivity index (χ2n) is 12.4. The van der Waals surface area contributed by atoms with Crippen LogP contribution >= 0.6 is 0 Å². The number of rotatable bonds is 6. The number of nitrogens with zero attached hydrogens (tertiary/aromatic N) is 4. The molecule has 0 saturated carbocycles. The van der Waals surface area contributed by atoms with Crippen LogP contribution in [0.1, 0.15) is 44.1 Å². The fraction of sp³-hybridized carbons (Fsp3) is 0.412. The Bertz CT molecular complexity index is 1640. The third-order valence-corrected chi connectivity index (χ3v) is 10.0. The van der Waals surface area contributed by atoms with Crippen molar-refractivity contribution < 1.29 is 9.13 Å². The van der Waals surface area contributed by atoms with Crippen LogP contribution in [0.15, 0.2) is 55.1 Å². The molecule has 4 aromatic rings. The van der Waals surface area contributed by atoms with E-state index < -0.39 is 0 Å². The van der Waals surface area contributed by atoms with E-state index in [1.165, 1.54) is 12.8 Å². The Labute approximate surface area is 240 Å². The summed E-state index contributed by atoms with van der Waals surface area (Å²) in [4.78, 5) is 14.6. The molecule has 0 amide bonds.